The van der Waals surface area contributed by atoms with Gasteiger partial charge in [-0.05, 0) is 18.2 Å². The van der Waals surface area contributed by atoms with Crippen molar-refractivity contribution >= 4 is 18.2 Å². The smallest absolute Gasteiger partial charge is 0.255 e. The topological polar surface area (TPSA) is 95.8 Å². The summed E-state index contributed by atoms with van der Waals surface area (Å²) in [7, 11) is 0. The summed E-state index contributed by atoms with van der Waals surface area (Å²) in [6, 6.07) is 5.03. The third-order valence-electron chi connectivity index (χ3n) is 4.00. The highest BCUT2D eigenvalue weighted by Gasteiger charge is 2.22. The number of nitrogens with one attached hydrogen (secondary N) is 1. The van der Waals surface area contributed by atoms with Crippen molar-refractivity contribution in [1.29, 1.82) is 0 Å². The van der Waals surface area contributed by atoms with Crippen molar-refractivity contribution < 1.29 is 18.8 Å². The molecule has 2 aromatic rings. The van der Waals surface area contributed by atoms with Gasteiger partial charge in [-0.15, -0.1) is 0 Å². The predicted octanol–water partition coefficient (Wildman–Crippen LogP) is 0.519. The lowest BCUT2D eigenvalue weighted by molar-refractivity contribution is -0.119. The first kappa shape index (κ1) is 16.7. The lowest BCUT2D eigenvalue weighted by Gasteiger charge is -2.32. The van der Waals surface area contributed by atoms with Crippen LogP contribution in [0.5, 0.6) is 0 Å². The minimum absolute atomic E-state index is 0.196. The molecule has 1 fully saturated rings. The number of carbonyl (C=O) groups excluding carboxylic acids is 3. The third-order valence-corrected chi connectivity index (χ3v) is 4.00. The molecular weight excluding hydrogens is 324 g/mol. The van der Waals surface area contributed by atoms with E-state index in [0.29, 0.717) is 43.1 Å². The molecule has 0 aromatic carbocycles. The van der Waals surface area contributed by atoms with E-state index in [4.69, 9.17) is 4.42 Å². The second kappa shape index (κ2) is 7.61. The van der Waals surface area contributed by atoms with E-state index in [9.17, 15) is 14.4 Å². The minimum atomic E-state index is -0.329. The van der Waals surface area contributed by atoms with Crippen LogP contribution in [0.3, 0.4) is 0 Å². The molecule has 1 aliphatic rings. The standard InChI is InChI=1S/C17H18N4O4/c22-12-20-3-5-21(6-4-20)17(24)14-8-13(9-18-10-14)16(23)19-11-15-2-1-7-25-15/h1-2,7-10,12H,3-6,11H2,(H,19,23). The number of pyridine rings is 1. The number of amides is 3. The SMILES string of the molecule is O=CN1CCN(C(=O)c2cncc(C(=O)NCc3ccco3)c2)CC1. The van der Waals surface area contributed by atoms with Gasteiger partial charge in [0.1, 0.15) is 5.76 Å². The summed E-state index contributed by atoms with van der Waals surface area (Å²) in [4.78, 5) is 42.8. The third kappa shape index (κ3) is 4.03. The van der Waals surface area contributed by atoms with E-state index in [-0.39, 0.29) is 18.4 Å². The molecule has 8 heteroatoms. The Morgan fingerprint density at radius 1 is 1.20 bits per heavy atom. The average Bonchev–Trinajstić information content (AvgIpc) is 3.19. The molecule has 25 heavy (non-hydrogen) atoms. The van der Waals surface area contributed by atoms with Crippen molar-refractivity contribution in [1.82, 2.24) is 20.1 Å². The van der Waals surface area contributed by atoms with Crippen molar-refractivity contribution in [2.24, 2.45) is 0 Å². The molecule has 130 valence electrons. The summed E-state index contributed by atoms with van der Waals surface area (Å²) in [5.41, 5.74) is 0.661. The molecule has 0 radical (unpaired) electrons. The molecule has 0 aliphatic carbocycles. The van der Waals surface area contributed by atoms with Gasteiger partial charge in [-0.25, -0.2) is 0 Å². The van der Waals surface area contributed by atoms with Gasteiger partial charge in [-0.3, -0.25) is 19.4 Å². The quantitative estimate of drug-likeness (QED) is 0.799. The van der Waals surface area contributed by atoms with Crippen LogP contribution in [0, 0.1) is 0 Å². The summed E-state index contributed by atoms with van der Waals surface area (Å²) < 4.78 is 5.16. The number of nitrogens with zero attached hydrogens (tertiary/aromatic N) is 3. The second-order valence-electron chi connectivity index (χ2n) is 5.66. The van der Waals surface area contributed by atoms with Crippen molar-refractivity contribution in [2.75, 3.05) is 26.2 Å². The maximum absolute atomic E-state index is 12.5. The van der Waals surface area contributed by atoms with Crippen LogP contribution in [-0.2, 0) is 11.3 Å². The second-order valence-corrected chi connectivity index (χ2v) is 5.66. The fraction of sp³-hybridized carbons (Fsp3) is 0.294. The molecule has 0 bridgehead atoms. The van der Waals surface area contributed by atoms with E-state index < -0.39 is 0 Å². The number of hydrogen-bond donors (Lipinski definition) is 1. The van der Waals surface area contributed by atoms with Gasteiger partial charge in [-0.2, -0.15) is 0 Å². The van der Waals surface area contributed by atoms with Gasteiger partial charge in [-0.1, -0.05) is 0 Å². The summed E-state index contributed by atoms with van der Waals surface area (Å²) >= 11 is 0. The van der Waals surface area contributed by atoms with Crippen LogP contribution in [0.15, 0.2) is 41.3 Å². The zero-order valence-corrected chi connectivity index (χ0v) is 13.6. The number of piperazine rings is 1. The minimum Gasteiger partial charge on any atom is -0.467 e. The van der Waals surface area contributed by atoms with Gasteiger partial charge in [0.05, 0.1) is 23.9 Å². The maximum atomic E-state index is 12.5. The summed E-state index contributed by atoms with van der Waals surface area (Å²) in [5.74, 6) is 0.115. The number of hydrogen-bond acceptors (Lipinski definition) is 5. The van der Waals surface area contributed by atoms with E-state index in [1.54, 1.807) is 21.9 Å². The molecule has 3 rings (SSSR count). The fourth-order valence-electron chi connectivity index (χ4n) is 2.58. The fourth-order valence-corrected chi connectivity index (χ4v) is 2.58. The van der Waals surface area contributed by atoms with Crippen LogP contribution < -0.4 is 5.32 Å². The Morgan fingerprint density at radius 2 is 1.96 bits per heavy atom. The highest BCUT2D eigenvalue weighted by Crippen LogP contribution is 2.10. The van der Waals surface area contributed by atoms with Gasteiger partial charge in [0, 0.05) is 38.6 Å². The molecular formula is C17H18N4O4. The Hall–Kier alpha value is -3.16. The molecule has 1 N–H and O–H groups in total. The summed E-state index contributed by atoms with van der Waals surface area (Å²) in [5, 5.41) is 2.72. The predicted molar refractivity (Wildman–Crippen MR) is 87.7 cm³/mol. The van der Waals surface area contributed by atoms with Crippen LogP contribution in [0.1, 0.15) is 26.5 Å². The monoisotopic (exact) mass is 342 g/mol. The van der Waals surface area contributed by atoms with Crippen molar-refractivity contribution in [3.8, 4) is 0 Å². The molecule has 1 aliphatic heterocycles. The van der Waals surface area contributed by atoms with Gasteiger partial charge >= 0.3 is 0 Å². The molecule has 3 heterocycles. The van der Waals surface area contributed by atoms with E-state index in [2.05, 4.69) is 10.3 Å². The molecule has 0 spiro atoms. The Morgan fingerprint density at radius 3 is 2.64 bits per heavy atom. The average molecular weight is 342 g/mol. The largest absolute Gasteiger partial charge is 0.467 e. The van der Waals surface area contributed by atoms with E-state index >= 15 is 0 Å². The highest BCUT2D eigenvalue weighted by atomic mass is 16.3. The van der Waals surface area contributed by atoms with Crippen LogP contribution in [0.4, 0.5) is 0 Å². The molecule has 8 nitrogen and oxygen atoms in total. The van der Waals surface area contributed by atoms with Crippen LogP contribution in [-0.4, -0.2) is 59.2 Å². The molecule has 0 atom stereocenters. The molecule has 3 amide bonds. The van der Waals surface area contributed by atoms with E-state index in [1.807, 2.05) is 0 Å². The Labute approximate surface area is 144 Å². The first-order chi connectivity index (χ1) is 12.2. The lowest BCUT2D eigenvalue weighted by atomic mass is 10.1. The molecule has 0 saturated carbocycles. The van der Waals surface area contributed by atoms with Crippen LogP contribution in [0.25, 0.3) is 0 Å². The Balaban J connectivity index is 1.63. The first-order valence-corrected chi connectivity index (χ1v) is 7.91. The maximum Gasteiger partial charge on any atom is 0.255 e. The number of rotatable bonds is 5. The van der Waals surface area contributed by atoms with Gasteiger partial charge in [0.15, 0.2) is 0 Å². The normalized spacial score (nSPS) is 14.2. The number of furan rings is 1. The van der Waals surface area contributed by atoms with Gasteiger partial charge in [0.25, 0.3) is 11.8 Å². The number of aromatic nitrogens is 1. The Kier molecular flexibility index (Phi) is 5.08. The molecule has 0 unspecified atom stereocenters. The van der Waals surface area contributed by atoms with E-state index in [1.165, 1.54) is 24.7 Å². The van der Waals surface area contributed by atoms with Crippen molar-refractivity contribution in [3.05, 3.63) is 53.7 Å². The van der Waals surface area contributed by atoms with Gasteiger partial charge < -0.3 is 19.5 Å². The molecule has 1 saturated heterocycles. The lowest BCUT2D eigenvalue weighted by Crippen LogP contribution is -2.48. The summed E-state index contributed by atoms with van der Waals surface area (Å²) in [6.45, 7) is 2.20. The van der Waals surface area contributed by atoms with Crippen molar-refractivity contribution in [2.45, 2.75) is 6.54 Å². The molecule has 2 aromatic heterocycles. The van der Waals surface area contributed by atoms with Crippen LogP contribution >= 0.6 is 0 Å². The highest BCUT2D eigenvalue weighted by molar-refractivity contribution is 5.99. The van der Waals surface area contributed by atoms with Crippen LogP contribution in [0.2, 0.25) is 0 Å². The van der Waals surface area contributed by atoms with Gasteiger partial charge in [0.2, 0.25) is 6.41 Å². The Bertz CT molecular complexity index is 752. The first-order valence-electron chi connectivity index (χ1n) is 7.91. The van der Waals surface area contributed by atoms with E-state index in [0.717, 1.165) is 6.41 Å². The zero-order valence-electron chi connectivity index (χ0n) is 13.6. The van der Waals surface area contributed by atoms with Crippen molar-refractivity contribution in [3.63, 3.8) is 0 Å². The number of carbonyl (C=O) groups is 3. The zero-order chi connectivity index (χ0) is 17.6. The summed E-state index contributed by atoms with van der Waals surface area (Å²) in [6.07, 6.45) is 5.18.